The first kappa shape index (κ1) is 12.2. The molecule has 0 fully saturated rings. The molecule has 7 nitrogen and oxygen atoms in total. The molecule has 62 valence electrons. The Balaban J connectivity index is 0. The molecule has 0 rings (SSSR count). The van der Waals surface area contributed by atoms with Crippen LogP contribution in [0.4, 0.5) is 0 Å². The molecular formula is C2H8O7Si. The summed E-state index contributed by atoms with van der Waals surface area (Å²) in [6.45, 7) is -0.778. The summed E-state index contributed by atoms with van der Waals surface area (Å²) in [6.07, 6.45) is 0. The summed E-state index contributed by atoms with van der Waals surface area (Å²) in [5, 5.41) is 15.0. The predicted octanol–water partition coefficient (Wildman–Crippen LogP) is -3.55. The summed E-state index contributed by atoms with van der Waals surface area (Å²) >= 11 is 0. The molecule has 0 amide bonds. The van der Waals surface area contributed by atoms with Gasteiger partial charge < -0.3 is 29.4 Å². The highest BCUT2D eigenvalue weighted by atomic mass is 28.4. The Hall–Kier alpha value is -0.513. The van der Waals surface area contributed by atoms with Gasteiger partial charge in [0.15, 0.2) is 0 Å². The number of aliphatic hydroxyl groups is 1. The summed E-state index contributed by atoms with van der Waals surface area (Å²) < 4.78 is 0. The lowest BCUT2D eigenvalue weighted by Gasteiger charge is -1.91. The average Bonchev–Trinajstić information content (AvgIpc) is 1.61. The van der Waals surface area contributed by atoms with E-state index in [1.54, 1.807) is 0 Å². The smallest absolute Gasteiger partial charge is 0.480 e. The molecule has 8 heteroatoms. The predicted molar refractivity (Wildman–Crippen MR) is 29.4 cm³/mol. The van der Waals surface area contributed by atoms with Crippen LogP contribution in [0.1, 0.15) is 0 Å². The van der Waals surface area contributed by atoms with Gasteiger partial charge in [-0.05, 0) is 0 Å². The third-order valence-electron chi connectivity index (χ3n) is 0.135. The largest absolute Gasteiger partial charge is 0.668 e. The number of hydrogen-bond acceptors (Lipinski definition) is 6. The van der Waals surface area contributed by atoms with E-state index in [4.69, 9.17) is 34.2 Å². The molecule has 0 aromatic rings. The van der Waals surface area contributed by atoms with Crippen LogP contribution in [0, 0.1) is 0 Å². The van der Waals surface area contributed by atoms with Crippen molar-refractivity contribution in [1.29, 1.82) is 0 Å². The number of carbonyl (C=O) groups is 1. The first-order valence-electron chi connectivity index (χ1n) is 1.99. The van der Waals surface area contributed by atoms with Crippen molar-refractivity contribution >= 4 is 15.0 Å². The molecule has 0 aromatic carbocycles. The Morgan fingerprint density at radius 2 is 1.30 bits per heavy atom. The van der Waals surface area contributed by atoms with E-state index in [2.05, 4.69) is 0 Å². The van der Waals surface area contributed by atoms with Crippen molar-refractivity contribution in [2.24, 2.45) is 0 Å². The number of rotatable bonds is 1. The van der Waals surface area contributed by atoms with Crippen molar-refractivity contribution in [1.82, 2.24) is 0 Å². The van der Waals surface area contributed by atoms with E-state index in [0.717, 1.165) is 0 Å². The Morgan fingerprint density at radius 1 is 1.20 bits per heavy atom. The van der Waals surface area contributed by atoms with Gasteiger partial charge in [0.1, 0.15) is 6.61 Å². The van der Waals surface area contributed by atoms with Crippen molar-refractivity contribution in [2.75, 3.05) is 6.61 Å². The topological polar surface area (TPSA) is 138 Å². The van der Waals surface area contributed by atoms with Crippen molar-refractivity contribution in [3.63, 3.8) is 0 Å². The van der Waals surface area contributed by atoms with Crippen LogP contribution < -0.4 is 0 Å². The maximum absolute atomic E-state index is 9.12. The molecule has 6 N–H and O–H groups in total. The highest BCUT2D eigenvalue weighted by molar-refractivity contribution is 6.46. The molecule has 0 aliphatic carbocycles. The summed E-state index contributed by atoms with van der Waals surface area (Å²) in [5.41, 5.74) is 0. The quantitative estimate of drug-likeness (QED) is 0.225. The van der Waals surface area contributed by atoms with Crippen LogP contribution in [0.25, 0.3) is 0 Å². The first-order valence-corrected chi connectivity index (χ1v) is 3.78. The summed E-state index contributed by atoms with van der Waals surface area (Å²) in [5.74, 6) is -1.19. The third kappa shape index (κ3) is 143. The number of carboxylic acid groups (broad SMARTS) is 1. The lowest BCUT2D eigenvalue weighted by Crippen LogP contribution is -2.33. The van der Waals surface area contributed by atoms with Crippen molar-refractivity contribution < 1.29 is 34.2 Å². The summed E-state index contributed by atoms with van der Waals surface area (Å²) in [4.78, 5) is 38.4. The Bertz CT molecular complexity index is 88.3. The molecule has 0 saturated heterocycles. The fraction of sp³-hybridized carbons (Fsp3) is 0.500. The van der Waals surface area contributed by atoms with Crippen LogP contribution in [-0.2, 0) is 4.79 Å². The van der Waals surface area contributed by atoms with E-state index >= 15 is 0 Å². The van der Waals surface area contributed by atoms with Gasteiger partial charge in [-0.3, -0.25) is 0 Å². The zero-order valence-corrected chi connectivity index (χ0v) is 5.80. The lowest BCUT2D eigenvalue weighted by atomic mass is 10.8. The SMILES string of the molecule is O=C(O)CO.O[Si](O)(O)O. The van der Waals surface area contributed by atoms with E-state index in [0.29, 0.717) is 0 Å². The molecule has 0 aliphatic rings. The molecule has 0 unspecified atom stereocenters. The first-order chi connectivity index (χ1) is 4.27. The van der Waals surface area contributed by atoms with Crippen molar-refractivity contribution in [3.05, 3.63) is 0 Å². The van der Waals surface area contributed by atoms with Crippen LogP contribution in [0.2, 0.25) is 0 Å². The molecule has 10 heavy (non-hydrogen) atoms. The minimum absolute atomic E-state index is 0.778. The molecule has 0 radical (unpaired) electrons. The van der Waals surface area contributed by atoms with Crippen LogP contribution in [0.15, 0.2) is 0 Å². The Labute approximate surface area is 56.9 Å². The standard InChI is InChI=1S/C2H4O3.H4O4Si/c3-1-2(4)5;1-5(2,3)4/h3H,1H2,(H,4,5);1-4H. The van der Waals surface area contributed by atoms with Gasteiger partial charge in [0, 0.05) is 0 Å². The van der Waals surface area contributed by atoms with E-state index in [1.807, 2.05) is 0 Å². The second-order valence-electron chi connectivity index (χ2n) is 1.15. The molecule has 0 aliphatic heterocycles. The Morgan fingerprint density at radius 3 is 1.30 bits per heavy atom. The second-order valence-corrected chi connectivity index (χ2v) is 2.35. The van der Waals surface area contributed by atoms with Crippen molar-refractivity contribution in [3.8, 4) is 0 Å². The Kier molecular flexibility index (Phi) is 6.44. The fourth-order valence-corrected chi connectivity index (χ4v) is 0. The number of aliphatic carboxylic acids is 1. The van der Waals surface area contributed by atoms with Gasteiger partial charge in [0.25, 0.3) is 0 Å². The van der Waals surface area contributed by atoms with Crippen LogP contribution in [0.3, 0.4) is 0 Å². The molecular weight excluding hydrogens is 164 g/mol. The van der Waals surface area contributed by atoms with Gasteiger partial charge in [-0.25, -0.2) is 4.79 Å². The zero-order valence-electron chi connectivity index (χ0n) is 4.80. The van der Waals surface area contributed by atoms with Crippen molar-refractivity contribution in [2.45, 2.75) is 0 Å². The maximum Gasteiger partial charge on any atom is 0.668 e. The third-order valence-corrected chi connectivity index (χ3v) is 0.135. The number of carboxylic acids is 1. The van der Waals surface area contributed by atoms with E-state index in [-0.39, 0.29) is 0 Å². The average molecular weight is 172 g/mol. The van der Waals surface area contributed by atoms with E-state index in [9.17, 15) is 0 Å². The number of hydrogen-bond donors (Lipinski definition) is 6. The van der Waals surface area contributed by atoms with E-state index in [1.165, 1.54) is 0 Å². The second kappa shape index (κ2) is 5.29. The molecule has 0 heterocycles. The van der Waals surface area contributed by atoms with Gasteiger partial charge in [0.2, 0.25) is 0 Å². The minimum atomic E-state index is -4.61. The summed E-state index contributed by atoms with van der Waals surface area (Å²) in [7, 11) is -4.61. The number of aliphatic hydroxyl groups excluding tert-OH is 1. The minimum Gasteiger partial charge on any atom is -0.480 e. The normalized spacial score (nSPS) is 9.70. The molecule has 0 spiro atoms. The van der Waals surface area contributed by atoms with Gasteiger partial charge in [-0.2, -0.15) is 0 Å². The van der Waals surface area contributed by atoms with E-state index < -0.39 is 21.6 Å². The summed E-state index contributed by atoms with van der Waals surface area (Å²) in [6, 6.07) is 0. The lowest BCUT2D eigenvalue weighted by molar-refractivity contribution is -0.140. The molecule has 0 aromatic heterocycles. The zero-order chi connectivity index (χ0) is 8.78. The molecule has 0 saturated carbocycles. The van der Waals surface area contributed by atoms with Gasteiger partial charge in [-0.1, -0.05) is 0 Å². The van der Waals surface area contributed by atoms with Crippen LogP contribution in [-0.4, -0.2) is 51.0 Å². The highest BCUT2D eigenvalue weighted by Crippen LogP contribution is 1.67. The van der Waals surface area contributed by atoms with Crippen LogP contribution >= 0.6 is 0 Å². The highest BCUT2D eigenvalue weighted by Gasteiger charge is 2.22. The van der Waals surface area contributed by atoms with Crippen LogP contribution in [0.5, 0.6) is 0 Å². The molecule has 0 atom stereocenters. The van der Waals surface area contributed by atoms with Gasteiger partial charge >= 0.3 is 15.0 Å². The monoisotopic (exact) mass is 172 g/mol. The fourth-order valence-electron chi connectivity index (χ4n) is 0. The van der Waals surface area contributed by atoms with Gasteiger partial charge in [0.05, 0.1) is 0 Å². The van der Waals surface area contributed by atoms with Gasteiger partial charge in [-0.15, -0.1) is 0 Å². The maximum atomic E-state index is 9.12. The molecule has 0 bridgehead atoms.